The molecule has 122 valence electrons. The minimum atomic E-state index is 0.0267. The Bertz CT molecular complexity index is 707. The molecule has 0 bridgehead atoms. The fraction of sp³-hybridized carbons (Fsp3) is 0.222. The van der Waals surface area contributed by atoms with E-state index in [4.69, 9.17) is 18.9 Å². The van der Waals surface area contributed by atoms with Crippen molar-refractivity contribution in [3.05, 3.63) is 41.5 Å². The van der Waals surface area contributed by atoms with E-state index in [9.17, 15) is 5.11 Å². The second-order valence-corrected chi connectivity index (χ2v) is 4.72. The van der Waals surface area contributed by atoms with E-state index in [0.717, 1.165) is 11.1 Å². The molecule has 2 aromatic carbocycles. The van der Waals surface area contributed by atoms with Crippen molar-refractivity contribution in [2.24, 2.45) is 0 Å². The van der Waals surface area contributed by atoms with Crippen molar-refractivity contribution < 1.29 is 24.1 Å². The summed E-state index contributed by atoms with van der Waals surface area (Å²) in [5.74, 6) is 2.15. The van der Waals surface area contributed by atoms with Crippen LogP contribution in [0.15, 0.2) is 30.3 Å². The first-order valence-corrected chi connectivity index (χ1v) is 6.98. The van der Waals surface area contributed by atoms with Gasteiger partial charge in [-0.25, -0.2) is 0 Å². The van der Waals surface area contributed by atoms with Crippen molar-refractivity contribution in [3.8, 4) is 28.7 Å². The molecular weight excluding hydrogens is 296 g/mol. The van der Waals surface area contributed by atoms with Crippen LogP contribution in [0.2, 0.25) is 0 Å². The minimum Gasteiger partial charge on any atom is -0.504 e. The molecule has 1 N–H and O–H groups in total. The highest BCUT2D eigenvalue weighted by atomic mass is 16.5. The molecule has 0 aliphatic heterocycles. The Hall–Kier alpha value is -2.82. The monoisotopic (exact) mass is 316 g/mol. The quantitative estimate of drug-likeness (QED) is 0.825. The molecule has 2 aromatic rings. The van der Waals surface area contributed by atoms with Crippen LogP contribution in [-0.2, 0) is 0 Å². The fourth-order valence-corrected chi connectivity index (χ4v) is 2.21. The van der Waals surface area contributed by atoms with Gasteiger partial charge < -0.3 is 24.1 Å². The second-order valence-electron chi connectivity index (χ2n) is 4.72. The molecule has 0 aliphatic carbocycles. The Morgan fingerprint density at radius 3 is 1.91 bits per heavy atom. The third-order valence-corrected chi connectivity index (χ3v) is 3.36. The van der Waals surface area contributed by atoms with Gasteiger partial charge in [-0.05, 0) is 35.4 Å². The van der Waals surface area contributed by atoms with Gasteiger partial charge in [0.1, 0.15) is 0 Å². The number of rotatable bonds is 6. The first-order chi connectivity index (χ1) is 11.1. The van der Waals surface area contributed by atoms with E-state index >= 15 is 0 Å². The second kappa shape index (κ2) is 7.45. The number of aromatic hydroxyl groups is 1. The zero-order valence-electron chi connectivity index (χ0n) is 13.6. The van der Waals surface area contributed by atoms with Gasteiger partial charge in [-0.15, -0.1) is 0 Å². The van der Waals surface area contributed by atoms with Crippen LogP contribution in [0.1, 0.15) is 11.1 Å². The van der Waals surface area contributed by atoms with Crippen LogP contribution in [0.25, 0.3) is 12.2 Å². The highest BCUT2D eigenvalue weighted by Crippen LogP contribution is 2.38. The molecule has 0 radical (unpaired) electrons. The molecule has 0 unspecified atom stereocenters. The topological polar surface area (TPSA) is 57.2 Å². The standard InChI is InChI=1S/C18H20O5/c1-20-15-8-7-12(10-16(15)21-2)5-6-13-9-14(19)18(23-4)17(11-13)22-3/h5-11,19H,1-4H3/b6-5-. The van der Waals surface area contributed by atoms with Gasteiger partial charge in [0.25, 0.3) is 0 Å². The van der Waals surface area contributed by atoms with Crippen LogP contribution in [0.4, 0.5) is 0 Å². The maximum absolute atomic E-state index is 9.98. The molecule has 5 heteroatoms. The average molecular weight is 316 g/mol. The maximum Gasteiger partial charge on any atom is 0.203 e. The smallest absolute Gasteiger partial charge is 0.203 e. The lowest BCUT2D eigenvalue weighted by Crippen LogP contribution is -1.91. The molecule has 0 fully saturated rings. The summed E-state index contributed by atoms with van der Waals surface area (Å²) in [7, 11) is 6.20. The Balaban J connectivity index is 2.31. The van der Waals surface area contributed by atoms with Gasteiger partial charge in [0, 0.05) is 0 Å². The molecule has 5 nitrogen and oxygen atoms in total. The average Bonchev–Trinajstić information content (AvgIpc) is 2.58. The van der Waals surface area contributed by atoms with Crippen LogP contribution in [-0.4, -0.2) is 33.5 Å². The molecule has 0 heterocycles. The van der Waals surface area contributed by atoms with E-state index < -0.39 is 0 Å². The van der Waals surface area contributed by atoms with Crippen LogP contribution in [0.3, 0.4) is 0 Å². The number of phenolic OH excluding ortho intramolecular Hbond substituents is 1. The number of benzene rings is 2. The molecule has 0 atom stereocenters. The van der Waals surface area contributed by atoms with Gasteiger partial charge in [-0.3, -0.25) is 0 Å². The van der Waals surface area contributed by atoms with Gasteiger partial charge in [-0.2, -0.15) is 0 Å². The zero-order valence-corrected chi connectivity index (χ0v) is 13.6. The first-order valence-electron chi connectivity index (χ1n) is 6.98. The summed E-state index contributed by atoms with van der Waals surface area (Å²) in [6.45, 7) is 0. The number of ether oxygens (including phenoxy) is 4. The molecule has 23 heavy (non-hydrogen) atoms. The molecule has 0 aliphatic rings. The minimum absolute atomic E-state index is 0.0267. The largest absolute Gasteiger partial charge is 0.504 e. The number of methoxy groups -OCH3 is 4. The summed E-state index contributed by atoms with van der Waals surface area (Å²) < 4.78 is 20.8. The maximum atomic E-state index is 9.98. The predicted octanol–water partition coefficient (Wildman–Crippen LogP) is 3.60. The van der Waals surface area contributed by atoms with Crippen LogP contribution in [0, 0.1) is 0 Å². The summed E-state index contributed by atoms with van der Waals surface area (Å²) in [4.78, 5) is 0. The van der Waals surface area contributed by atoms with Gasteiger partial charge in [-0.1, -0.05) is 18.2 Å². The van der Waals surface area contributed by atoms with Crippen LogP contribution in [0.5, 0.6) is 28.7 Å². The third-order valence-electron chi connectivity index (χ3n) is 3.36. The Labute approximate surface area is 135 Å². The SMILES string of the molecule is COc1ccc(/C=C\c2cc(O)c(OC)c(OC)c2)cc1OC. The summed E-state index contributed by atoms with van der Waals surface area (Å²) in [6.07, 6.45) is 3.77. The molecule has 0 saturated carbocycles. The van der Waals surface area contributed by atoms with E-state index in [0.29, 0.717) is 23.0 Å². The van der Waals surface area contributed by atoms with Crippen molar-refractivity contribution >= 4 is 12.2 Å². The Kier molecular flexibility index (Phi) is 5.36. The fourth-order valence-electron chi connectivity index (χ4n) is 2.21. The lowest BCUT2D eigenvalue weighted by molar-refractivity contribution is 0.333. The molecule has 0 aromatic heterocycles. The molecular formula is C18H20O5. The highest BCUT2D eigenvalue weighted by molar-refractivity contribution is 5.73. The van der Waals surface area contributed by atoms with E-state index in [-0.39, 0.29) is 5.75 Å². The predicted molar refractivity (Wildman–Crippen MR) is 89.7 cm³/mol. The van der Waals surface area contributed by atoms with E-state index in [1.54, 1.807) is 26.4 Å². The summed E-state index contributed by atoms with van der Waals surface area (Å²) >= 11 is 0. The number of hydrogen-bond donors (Lipinski definition) is 1. The summed E-state index contributed by atoms with van der Waals surface area (Å²) in [5.41, 5.74) is 1.73. The van der Waals surface area contributed by atoms with E-state index in [1.807, 2.05) is 30.4 Å². The van der Waals surface area contributed by atoms with Crippen molar-refractivity contribution in [1.82, 2.24) is 0 Å². The van der Waals surface area contributed by atoms with Gasteiger partial charge in [0.2, 0.25) is 5.75 Å². The molecule has 0 amide bonds. The van der Waals surface area contributed by atoms with Gasteiger partial charge in [0.15, 0.2) is 23.0 Å². The van der Waals surface area contributed by atoms with Gasteiger partial charge >= 0.3 is 0 Å². The van der Waals surface area contributed by atoms with Gasteiger partial charge in [0.05, 0.1) is 28.4 Å². The van der Waals surface area contributed by atoms with Crippen molar-refractivity contribution in [1.29, 1.82) is 0 Å². The lowest BCUT2D eigenvalue weighted by Gasteiger charge is -2.10. The Morgan fingerprint density at radius 1 is 0.696 bits per heavy atom. The highest BCUT2D eigenvalue weighted by Gasteiger charge is 2.10. The van der Waals surface area contributed by atoms with E-state index in [2.05, 4.69) is 0 Å². The third kappa shape index (κ3) is 3.69. The van der Waals surface area contributed by atoms with E-state index in [1.165, 1.54) is 14.2 Å². The number of hydrogen-bond acceptors (Lipinski definition) is 5. The normalized spacial score (nSPS) is 10.6. The first kappa shape index (κ1) is 16.5. The lowest BCUT2D eigenvalue weighted by atomic mass is 10.1. The zero-order chi connectivity index (χ0) is 16.8. The molecule has 2 rings (SSSR count). The summed E-state index contributed by atoms with van der Waals surface area (Å²) in [6, 6.07) is 9.02. The molecule has 0 spiro atoms. The van der Waals surface area contributed by atoms with Crippen LogP contribution >= 0.6 is 0 Å². The van der Waals surface area contributed by atoms with Crippen molar-refractivity contribution in [2.75, 3.05) is 28.4 Å². The van der Waals surface area contributed by atoms with Crippen LogP contribution < -0.4 is 18.9 Å². The number of phenols is 1. The summed E-state index contributed by atoms with van der Waals surface area (Å²) in [5, 5.41) is 9.98. The van der Waals surface area contributed by atoms with Crippen molar-refractivity contribution in [2.45, 2.75) is 0 Å². The molecule has 0 saturated heterocycles. The Morgan fingerprint density at radius 2 is 1.30 bits per heavy atom. The van der Waals surface area contributed by atoms with Crippen molar-refractivity contribution in [3.63, 3.8) is 0 Å².